The second kappa shape index (κ2) is 8.54. The summed E-state index contributed by atoms with van der Waals surface area (Å²) in [4.78, 5) is 0. The van der Waals surface area contributed by atoms with Crippen molar-refractivity contribution in [1.29, 1.82) is 0 Å². The molecule has 0 atom stereocenters. The van der Waals surface area contributed by atoms with E-state index in [0.29, 0.717) is 0 Å². The molecule has 0 heterocycles. The summed E-state index contributed by atoms with van der Waals surface area (Å²) in [6, 6.07) is 41.1. The summed E-state index contributed by atoms with van der Waals surface area (Å²) in [5.41, 5.74) is 6.40. The molecule has 136 valence electrons. The predicted octanol–water partition coefficient (Wildman–Crippen LogP) is 7.86. The lowest BCUT2D eigenvalue weighted by atomic mass is 9.98. The quantitative estimate of drug-likeness (QED) is 0.349. The van der Waals surface area contributed by atoms with Gasteiger partial charge >= 0.3 is 0 Å². The zero-order valence-electron chi connectivity index (χ0n) is 16.2. The Bertz CT molecular complexity index is 1140. The van der Waals surface area contributed by atoms with E-state index >= 15 is 0 Å². The maximum Gasteiger partial charge on any atom is -0.0152 e. The predicted molar refractivity (Wildman–Crippen MR) is 122 cm³/mol. The Morgan fingerprint density at radius 1 is 0.464 bits per heavy atom. The molecule has 4 aromatic rings. The Kier molecular flexibility index (Phi) is 5.49. The highest BCUT2D eigenvalue weighted by Gasteiger charge is 2.02. The lowest BCUT2D eigenvalue weighted by Crippen LogP contribution is -1.85. The molecule has 0 aliphatic heterocycles. The fourth-order valence-corrected chi connectivity index (χ4v) is 3.59. The van der Waals surface area contributed by atoms with Crippen LogP contribution in [0.3, 0.4) is 0 Å². The van der Waals surface area contributed by atoms with Crippen LogP contribution in [0.1, 0.15) is 12.5 Å². The maximum atomic E-state index is 2.27. The molecule has 4 aromatic carbocycles. The SMILES string of the molecule is CCc1ccccc1-c1cccccc2cc(-c3ccccc3)ccc2cc1. The maximum absolute atomic E-state index is 2.27. The first-order chi connectivity index (χ1) is 13.8. The molecule has 4 rings (SSSR count). The Balaban J connectivity index is 1.88. The third-order valence-electron chi connectivity index (χ3n) is 5.12. The van der Waals surface area contributed by atoms with Crippen molar-refractivity contribution < 1.29 is 0 Å². The standard InChI is InChI=1S/C28H24/c1-2-22-11-9-10-16-28(22)25-14-7-4-8-15-26-21-27(20-18-24(26)17-19-25)23-12-5-3-6-13-23/h3-21H,2H2,1H3. The van der Waals surface area contributed by atoms with Gasteiger partial charge in [0.05, 0.1) is 0 Å². The van der Waals surface area contributed by atoms with Gasteiger partial charge in [0.2, 0.25) is 0 Å². The minimum atomic E-state index is 1.03. The molecule has 0 unspecified atom stereocenters. The van der Waals surface area contributed by atoms with Crippen molar-refractivity contribution in [3.8, 4) is 22.3 Å². The van der Waals surface area contributed by atoms with Gasteiger partial charge in [-0.15, -0.1) is 0 Å². The number of hydrogen-bond acceptors (Lipinski definition) is 0. The molecule has 0 heteroatoms. The van der Waals surface area contributed by atoms with Gasteiger partial charge in [-0.3, -0.25) is 0 Å². The molecule has 0 saturated heterocycles. The summed E-state index contributed by atoms with van der Waals surface area (Å²) in [5, 5.41) is 2.46. The smallest absolute Gasteiger partial charge is 0.0152 e. The fraction of sp³-hybridized carbons (Fsp3) is 0.0714. The monoisotopic (exact) mass is 360 g/mol. The molecule has 0 aliphatic carbocycles. The molecule has 0 amide bonds. The zero-order valence-corrected chi connectivity index (χ0v) is 16.2. The van der Waals surface area contributed by atoms with Crippen LogP contribution in [0.4, 0.5) is 0 Å². The summed E-state index contributed by atoms with van der Waals surface area (Å²) in [5.74, 6) is 0. The molecule has 0 nitrogen and oxygen atoms in total. The summed E-state index contributed by atoms with van der Waals surface area (Å²) in [6.07, 6.45) is 1.03. The van der Waals surface area contributed by atoms with Gasteiger partial charge in [-0.2, -0.15) is 0 Å². The van der Waals surface area contributed by atoms with Crippen LogP contribution in [0.25, 0.3) is 33.0 Å². The van der Waals surface area contributed by atoms with Gasteiger partial charge in [-0.25, -0.2) is 0 Å². The van der Waals surface area contributed by atoms with Gasteiger partial charge in [0.25, 0.3) is 0 Å². The molecule has 0 saturated carbocycles. The first-order valence-corrected chi connectivity index (χ1v) is 9.86. The second-order valence-corrected chi connectivity index (χ2v) is 6.92. The van der Waals surface area contributed by atoms with Crippen LogP contribution in [0.2, 0.25) is 0 Å². The van der Waals surface area contributed by atoms with Gasteiger partial charge in [-0.05, 0) is 51.1 Å². The van der Waals surface area contributed by atoms with Crippen molar-refractivity contribution in [2.75, 3.05) is 0 Å². The largest absolute Gasteiger partial charge is 0.0622 e. The van der Waals surface area contributed by atoms with Gasteiger partial charge in [-0.1, -0.05) is 116 Å². The van der Waals surface area contributed by atoms with E-state index in [1.54, 1.807) is 0 Å². The van der Waals surface area contributed by atoms with Gasteiger partial charge in [0.1, 0.15) is 0 Å². The van der Waals surface area contributed by atoms with Crippen LogP contribution in [-0.2, 0) is 6.42 Å². The van der Waals surface area contributed by atoms with E-state index in [-0.39, 0.29) is 0 Å². The Hall–Kier alpha value is -3.38. The van der Waals surface area contributed by atoms with Crippen LogP contribution < -0.4 is 0 Å². The lowest BCUT2D eigenvalue weighted by molar-refractivity contribution is 1.14. The highest BCUT2D eigenvalue weighted by atomic mass is 14.1. The molecule has 0 N–H and O–H groups in total. The van der Waals surface area contributed by atoms with E-state index in [2.05, 4.69) is 122 Å². The van der Waals surface area contributed by atoms with Crippen molar-refractivity contribution >= 4 is 10.8 Å². The summed E-state index contributed by atoms with van der Waals surface area (Å²) >= 11 is 0. The van der Waals surface area contributed by atoms with Crippen LogP contribution in [0.5, 0.6) is 0 Å². The Morgan fingerprint density at radius 2 is 1.07 bits per heavy atom. The van der Waals surface area contributed by atoms with E-state index in [9.17, 15) is 0 Å². The van der Waals surface area contributed by atoms with Crippen LogP contribution in [-0.4, -0.2) is 0 Å². The molecule has 0 aromatic heterocycles. The minimum absolute atomic E-state index is 1.03. The summed E-state index contributed by atoms with van der Waals surface area (Å²) < 4.78 is 0. The normalized spacial score (nSPS) is 10.5. The average molecular weight is 361 g/mol. The number of rotatable bonds is 3. The molecule has 0 spiro atoms. The van der Waals surface area contributed by atoms with E-state index < -0.39 is 0 Å². The number of fused-ring (bicyclic) bond motifs is 1. The van der Waals surface area contributed by atoms with Crippen molar-refractivity contribution in [2.45, 2.75) is 13.3 Å². The van der Waals surface area contributed by atoms with E-state index in [4.69, 9.17) is 0 Å². The summed E-state index contributed by atoms with van der Waals surface area (Å²) in [6.45, 7) is 2.21. The summed E-state index contributed by atoms with van der Waals surface area (Å²) in [7, 11) is 0. The minimum Gasteiger partial charge on any atom is -0.0622 e. The Morgan fingerprint density at radius 3 is 1.82 bits per heavy atom. The van der Waals surface area contributed by atoms with Crippen molar-refractivity contribution in [2.24, 2.45) is 0 Å². The molecule has 0 radical (unpaired) electrons. The van der Waals surface area contributed by atoms with Crippen LogP contribution in [0, 0.1) is 0 Å². The average Bonchev–Trinajstić information content (AvgIpc) is 2.77. The number of aryl methyl sites for hydroxylation is 1. The molecular weight excluding hydrogens is 336 g/mol. The zero-order chi connectivity index (χ0) is 19.2. The highest BCUT2D eigenvalue weighted by molar-refractivity contribution is 5.87. The van der Waals surface area contributed by atoms with E-state index in [1.165, 1.54) is 38.6 Å². The highest BCUT2D eigenvalue weighted by Crippen LogP contribution is 2.26. The van der Waals surface area contributed by atoms with Crippen molar-refractivity contribution in [3.05, 3.63) is 121 Å². The van der Waals surface area contributed by atoms with E-state index in [1.807, 2.05) is 0 Å². The topological polar surface area (TPSA) is 0 Å². The first kappa shape index (κ1) is 18.0. The molecule has 0 aliphatic rings. The molecule has 0 bridgehead atoms. The van der Waals surface area contributed by atoms with Crippen LogP contribution in [0.15, 0.2) is 115 Å². The van der Waals surface area contributed by atoms with Crippen molar-refractivity contribution in [3.63, 3.8) is 0 Å². The van der Waals surface area contributed by atoms with Gasteiger partial charge in [0.15, 0.2) is 0 Å². The van der Waals surface area contributed by atoms with Crippen molar-refractivity contribution in [1.82, 2.24) is 0 Å². The Labute approximate surface area is 167 Å². The number of hydrogen-bond donors (Lipinski definition) is 0. The van der Waals surface area contributed by atoms with Gasteiger partial charge in [0, 0.05) is 0 Å². The third kappa shape index (κ3) is 3.97. The van der Waals surface area contributed by atoms with E-state index in [0.717, 1.165) is 6.42 Å². The molecule has 0 fully saturated rings. The number of benzene rings is 3. The van der Waals surface area contributed by atoms with Gasteiger partial charge < -0.3 is 0 Å². The van der Waals surface area contributed by atoms with Crippen LogP contribution >= 0.6 is 0 Å². The third-order valence-corrected chi connectivity index (χ3v) is 5.12. The first-order valence-electron chi connectivity index (χ1n) is 9.86. The fourth-order valence-electron chi connectivity index (χ4n) is 3.59. The second-order valence-electron chi connectivity index (χ2n) is 6.92. The lowest BCUT2D eigenvalue weighted by Gasteiger charge is -2.07. The molecular formula is C28H24. The molecule has 28 heavy (non-hydrogen) atoms.